The molecule has 3 nitrogen and oxygen atoms in total. The van der Waals surface area contributed by atoms with Crippen LogP contribution in [0.1, 0.15) is 31.9 Å². The van der Waals surface area contributed by atoms with Gasteiger partial charge in [0.15, 0.2) is 0 Å². The summed E-state index contributed by atoms with van der Waals surface area (Å²) in [6, 6.07) is 101. The van der Waals surface area contributed by atoms with E-state index >= 15 is 0 Å². The van der Waals surface area contributed by atoms with E-state index < -0.39 is 0 Å². The molecule has 0 atom stereocenters. The number of para-hydroxylation sites is 4. The highest BCUT2D eigenvalue weighted by molar-refractivity contribution is 6.12. The maximum atomic E-state index is 3.36. The van der Waals surface area contributed by atoms with Gasteiger partial charge < -0.3 is 14.0 Å². The zero-order valence-electron chi connectivity index (χ0n) is 44.6. The number of anilines is 3. The van der Waals surface area contributed by atoms with Gasteiger partial charge in [-0.05, 0) is 183 Å². The molecule has 2 aromatic heterocycles. The summed E-state index contributed by atoms with van der Waals surface area (Å²) in [7, 11) is 0. The average molecular weight is 1010 g/mol. The Balaban J connectivity index is 0.00000184. The second-order valence-electron chi connectivity index (χ2n) is 21.4. The lowest BCUT2D eigenvalue weighted by atomic mass is 9.82. The highest BCUT2D eigenvalue weighted by Gasteiger charge is 2.35. The van der Waals surface area contributed by atoms with Gasteiger partial charge in [0, 0.05) is 55.4 Å². The Morgan fingerprint density at radius 3 is 1.57 bits per heavy atom. The number of benzene rings is 12. The predicted octanol–water partition coefficient (Wildman–Crippen LogP) is 21.0. The molecule has 0 fully saturated rings. The molecule has 79 heavy (non-hydrogen) atoms. The summed E-state index contributed by atoms with van der Waals surface area (Å²) in [5.74, 6) is 0. The van der Waals surface area contributed by atoms with Crippen LogP contribution in [0.15, 0.2) is 286 Å². The molecule has 14 aromatic rings. The molecule has 2 heterocycles. The largest absolute Gasteiger partial charge is 0.310 e. The number of fused-ring (bicyclic) bond motifs is 10. The Bertz CT molecular complexity index is 4650. The minimum Gasteiger partial charge on any atom is -0.310 e. The summed E-state index contributed by atoms with van der Waals surface area (Å²) in [5, 5.41) is 7.40. The molecule has 1 aliphatic rings. The molecular formula is C76H57N3. The lowest BCUT2D eigenvalue weighted by Gasteiger charge is -2.26. The number of hydrogen-bond acceptors (Lipinski definition) is 1. The lowest BCUT2D eigenvalue weighted by molar-refractivity contribution is 0.660. The van der Waals surface area contributed by atoms with Gasteiger partial charge in [-0.3, -0.25) is 0 Å². The second-order valence-corrected chi connectivity index (χ2v) is 21.4. The van der Waals surface area contributed by atoms with Crippen molar-refractivity contribution in [3.05, 3.63) is 297 Å². The molecule has 376 valence electrons. The normalized spacial score (nSPS) is 12.4. The highest BCUT2D eigenvalue weighted by Crippen LogP contribution is 2.50. The van der Waals surface area contributed by atoms with Gasteiger partial charge in [-0.1, -0.05) is 184 Å². The van der Waals surface area contributed by atoms with E-state index in [2.05, 4.69) is 307 Å². The van der Waals surface area contributed by atoms with Crippen LogP contribution in [0.3, 0.4) is 0 Å². The van der Waals surface area contributed by atoms with Crippen LogP contribution in [0.4, 0.5) is 17.1 Å². The molecule has 0 unspecified atom stereocenters. The molecule has 0 saturated carbocycles. The van der Waals surface area contributed by atoms with Crippen molar-refractivity contribution in [2.24, 2.45) is 0 Å². The van der Waals surface area contributed by atoms with E-state index in [1.165, 1.54) is 87.9 Å². The van der Waals surface area contributed by atoms with Gasteiger partial charge in [0.25, 0.3) is 0 Å². The summed E-state index contributed by atoms with van der Waals surface area (Å²) >= 11 is 0. The molecular weight excluding hydrogens is 955 g/mol. The van der Waals surface area contributed by atoms with E-state index in [1.807, 2.05) is 6.92 Å². The summed E-state index contributed by atoms with van der Waals surface area (Å²) < 4.78 is 4.88. The minimum absolute atomic E-state index is 0.0991. The average Bonchev–Trinajstić information content (AvgIpc) is 4.25. The van der Waals surface area contributed by atoms with Gasteiger partial charge in [-0.25, -0.2) is 0 Å². The van der Waals surface area contributed by atoms with Gasteiger partial charge in [-0.2, -0.15) is 0 Å². The maximum Gasteiger partial charge on any atom is 0.0547 e. The van der Waals surface area contributed by atoms with Crippen LogP contribution in [0.2, 0.25) is 0 Å². The van der Waals surface area contributed by atoms with Crippen LogP contribution in [-0.2, 0) is 5.41 Å². The summed E-state index contributed by atoms with van der Waals surface area (Å²) in [4.78, 5) is 2.35. The first kappa shape index (κ1) is 47.5. The third kappa shape index (κ3) is 8.05. The monoisotopic (exact) mass is 1010 g/mol. The van der Waals surface area contributed by atoms with Gasteiger partial charge in [0.2, 0.25) is 0 Å². The molecule has 0 amide bonds. The van der Waals surface area contributed by atoms with Crippen molar-refractivity contribution < 1.29 is 0 Å². The van der Waals surface area contributed by atoms with Crippen molar-refractivity contribution >= 4 is 71.4 Å². The summed E-state index contributed by atoms with van der Waals surface area (Å²) in [5.41, 5.74) is 22.7. The Morgan fingerprint density at radius 1 is 0.329 bits per heavy atom. The fourth-order valence-electron chi connectivity index (χ4n) is 12.5. The molecule has 0 radical (unpaired) electrons. The van der Waals surface area contributed by atoms with Gasteiger partial charge >= 0.3 is 0 Å². The van der Waals surface area contributed by atoms with Crippen LogP contribution in [0, 0.1) is 0 Å². The zero-order chi connectivity index (χ0) is 53.2. The zero-order valence-corrected chi connectivity index (χ0v) is 44.6. The minimum atomic E-state index is -0.0991. The van der Waals surface area contributed by atoms with E-state index in [0.29, 0.717) is 0 Å². The second kappa shape index (κ2) is 19.2. The molecule has 0 aliphatic heterocycles. The third-order valence-corrected chi connectivity index (χ3v) is 16.3. The van der Waals surface area contributed by atoms with Crippen molar-refractivity contribution in [2.75, 3.05) is 4.90 Å². The van der Waals surface area contributed by atoms with Crippen LogP contribution in [0.5, 0.6) is 0 Å². The SMILES string of the molecule is C=CC.CC1(C)c2ccccc2-c2ccc(-n3c4ccccc4c4cc(-c5cc(-c6ccc(N(c7ccccc7)c7ccc8ccccc8c7)cc6)cc(-c6ccc7c8ccccc8n(-c8ccccc8)c7c6)c5)ccc43)cc21. The van der Waals surface area contributed by atoms with E-state index in [4.69, 9.17) is 0 Å². The van der Waals surface area contributed by atoms with Gasteiger partial charge in [0.1, 0.15) is 0 Å². The molecule has 0 spiro atoms. The van der Waals surface area contributed by atoms with Crippen LogP contribution >= 0.6 is 0 Å². The third-order valence-electron chi connectivity index (χ3n) is 16.3. The van der Waals surface area contributed by atoms with E-state index in [-0.39, 0.29) is 5.41 Å². The predicted molar refractivity (Wildman–Crippen MR) is 337 cm³/mol. The van der Waals surface area contributed by atoms with Crippen molar-refractivity contribution in [1.82, 2.24) is 9.13 Å². The first-order valence-corrected chi connectivity index (χ1v) is 27.4. The fraction of sp³-hybridized carbons (Fsp3) is 0.0526. The van der Waals surface area contributed by atoms with Gasteiger partial charge in [0.05, 0.1) is 22.1 Å². The first-order valence-electron chi connectivity index (χ1n) is 27.4. The Morgan fingerprint density at radius 2 is 0.835 bits per heavy atom. The van der Waals surface area contributed by atoms with Crippen molar-refractivity contribution in [3.8, 4) is 55.9 Å². The standard InChI is InChI=1S/C73H51N3.C3H6/c1-73(2)67-26-14-11-23-61(67)62-39-37-60(47-68(62)73)76-70-28-16-13-25-64(70)66-45-51(33-40-71(66)76)54-41-53(42-55(43-54)52-32-38-65-63-24-12-15-27-69(63)75(72(65)46-52)57-21-7-4-8-22-57)49-29-34-58(35-30-49)74(56-19-5-3-6-20-56)59-36-31-48-17-9-10-18-50(48)44-59;1-3-2/h3-47H,1-2H3;3H,1H2,2H3. The molecule has 3 heteroatoms. The number of allylic oxidation sites excluding steroid dienone is 1. The number of rotatable bonds is 8. The fourth-order valence-corrected chi connectivity index (χ4v) is 12.5. The smallest absolute Gasteiger partial charge is 0.0547 e. The topological polar surface area (TPSA) is 13.1 Å². The maximum absolute atomic E-state index is 3.36. The van der Waals surface area contributed by atoms with Crippen molar-refractivity contribution in [3.63, 3.8) is 0 Å². The lowest BCUT2D eigenvalue weighted by Crippen LogP contribution is -2.15. The molecule has 0 saturated heterocycles. The molecule has 0 N–H and O–H groups in total. The molecule has 0 bridgehead atoms. The van der Waals surface area contributed by atoms with Crippen molar-refractivity contribution in [1.29, 1.82) is 0 Å². The van der Waals surface area contributed by atoms with E-state index in [0.717, 1.165) is 50.6 Å². The Kier molecular flexibility index (Phi) is 11.6. The van der Waals surface area contributed by atoms with Crippen LogP contribution in [-0.4, -0.2) is 9.13 Å². The summed E-state index contributed by atoms with van der Waals surface area (Å²) in [6.45, 7) is 9.98. The Labute approximate surface area is 461 Å². The van der Waals surface area contributed by atoms with E-state index in [1.54, 1.807) is 6.08 Å². The molecule has 15 rings (SSSR count). The van der Waals surface area contributed by atoms with Gasteiger partial charge in [-0.15, -0.1) is 6.58 Å². The molecule has 1 aliphatic carbocycles. The van der Waals surface area contributed by atoms with Crippen molar-refractivity contribution in [2.45, 2.75) is 26.2 Å². The quantitative estimate of drug-likeness (QED) is 0.138. The highest BCUT2D eigenvalue weighted by atomic mass is 15.1. The first-order chi connectivity index (χ1) is 38.8. The Hall–Kier alpha value is -9.96. The number of hydrogen-bond donors (Lipinski definition) is 0. The summed E-state index contributed by atoms with van der Waals surface area (Å²) in [6.07, 6.45) is 1.75. The molecule has 12 aromatic carbocycles. The van der Waals surface area contributed by atoms with Crippen LogP contribution in [0.25, 0.3) is 110 Å². The van der Waals surface area contributed by atoms with Crippen LogP contribution < -0.4 is 4.90 Å². The van der Waals surface area contributed by atoms with E-state index in [9.17, 15) is 0 Å². The number of aromatic nitrogens is 2. The number of nitrogens with zero attached hydrogens (tertiary/aromatic N) is 3.